The molecule has 1 unspecified atom stereocenters. The normalized spacial score (nSPS) is 15.2. The first-order valence-corrected chi connectivity index (χ1v) is 10.0. The van der Waals surface area contributed by atoms with Gasteiger partial charge >= 0.3 is 0 Å². The van der Waals surface area contributed by atoms with Crippen molar-refractivity contribution >= 4 is 17.4 Å². The van der Waals surface area contributed by atoms with E-state index in [2.05, 4.69) is 10.2 Å². The van der Waals surface area contributed by atoms with Crippen LogP contribution in [0.15, 0.2) is 53.5 Å². The second-order valence-corrected chi connectivity index (χ2v) is 7.12. The quantitative estimate of drug-likeness (QED) is 0.208. The molecule has 1 N–H and O–H groups in total. The fourth-order valence-electron chi connectivity index (χ4n) is 3.39. The molecule has 1 aliphatic rings. The fourth-order valence-corrected chi connectivity index (χ4v) is 3.39. The number of nitrogens with zero attached hydrogens (tertiary/aromatic N) is 3. The van der Waals surface area contributed by atoms with Crippen LogP contribution in [0.5, 0.6) is 0 Å². The Morgan fingerprint density at radius 1 is 1.16 bits per heavy atom. The molecule has 10 nitrogen and oxygen atoms in total. The number of pyridine rings is 1. The van der Waals surface area contributed by atoms with E-state index in [1.165, 1.54) is 36.5 Å². The van der Waals surface area contributed by atoms with Crippen LogP contribution in [0.2, 0.25) is 0 Å². The van der Waals surface area contributed by atoms with Crippen LogP contribution >= 0.6 is 0 Å². The van der Waals surface area contributed by atoms with Crippen LogP contribution in [0.4, 0.5) is 5.69 Å². The standard InChI is InChI=1S/C21H24N4O6/c26-18-7-1-2-10-24(18)19(20(27)16-5-3-6-17(15-16)25(29)30)21(28)22-8-4-9-23-11-13-31-14-12-23/h1-3,5-7,10,15,19H,4,8-9,11-14H2,(H,22,28). The van der Waals surface area contributed by atoms with E-state index >= 15 is 0 Å². The predicted octanol–water partition coefficient (Wildman–Crippen LogP) is 1.02. The minimum Gasteiger partial charge on any atom is -0.379 e. The number of ketones is 1. The van der Waals surface area contributed by atoms with Gasteiger partial charge in [-0.05, 0) is 19.0 Å². The van der Waals surface area contributed by atoms with E-state index in [1.54, 1.807) is 6.07 Å². The summed E-state index contributed by atoms with van der Waals surface area (Å²) in [6.07, 6.45) is 2.03. The summed E-state index contributed by atoms with van der Waals surface area (Å²) in [4.78, 5) is 51.0. The number of carbonyl (C=O) groups is 2. The number of morpholine rings is 1. The van der Waals surface area contributed by atoms with Crippen molar-refractivity contribution in [2.75, 3.05) is 39.4 Å². The van der Waals surface area contributed by atoms with Crippen LogP contribution in [-0.4, -0.2) is 65.5 Å². The van der Waals surface area contributed by atoms with Crippen LogP contribution in [0, 0.1) is 10.1 Å². The highest BCUT2D eigenvalue weighted by atomic mass is 16.6. The fraction of sp³-hybridized carbons (Fsp3) is 0.381. The second kappa shape index (κ2) is 10.6. The zero-order chi connectivity index (χ0) is 22.2. The van der Waals surface area contributed by atoms with Crippen molar-refractivity contribution < 1.29 is 19.2 Å². The summed E-state index contributed by atoms with van der Waals surface area (Å²) < 4.78 is 6.34. The molecule has 1 aromatic heterocycles. The molecule has 164 valence electrons. The molecule has 1 aliphatic heterocycles. The average Bonchev–Trinajstić information content (AvgIpc) is 2.79. The Bertz CT molecular complexity index is 999. The molecule has 1 amide bonds. The van der Waals surface area contributed by atoms with Crippen LogP contribution in [0.25, 0.3) is 0 Å². The summed E-state index contributed by atoms with van der Waals surface area (Å²) in [7, 11) is 0. The number of ether oxygens (including phenoxy) is 1. The molecule has 1 saturated heterocycles. The smallest absolute Gasteiger partial charge is 0.270 e. The molecule has 1 aromatic carbocycles. The Hall–Kier alpha value is -3.37. The van der Waals surface area contributed by atoms with E-state index in [0.29, 0.717) is 26.2 Å². The third-order valence-electron chi connectivity index (χ3n) is 5.02. The lowest BCUT2D eigenvalue weighted by molar-refractivity contribution is -0.384. The van der Waals surface area contributed by atoms with Crippen molar-refractivity contribution in [3.63, 3.8) is 0 Å². The van der Waals surface area contributed by atoms with Gasteiger partial charge in [0, 0.05) is 49.6 Å². The van der Waals surface area contributed by atoms with Gasteiger partial charge in [-0.2, -0.15) is 0 Å². The van der Waals surface area contributed by atoms with Gasteiger partial charge in [-0.1, -0.05) is 18.2 Å². The number of hydrogen-bond donors (Lipinski definition) is 1. The monoisotopic (exact) mass is 428 g/mol. The molecule has 10 heteroatoms. The van der Waals surface area contributed by atoms with Gasteiger partial charge in [0.15, 0.2) is 11.8 Å². The van der Waals surface area contributed by atoms with Gasteiger partial charge in [0.05, 0.1) is 18.1 Å². The highest BCUT2D eigenvalue weighted by Crippen LogP contribution is 2.19. The predicted molar refractivity (Wildman–Crippen MR) is 112 cm³/mol. The van der Waals surface area contributed by atoms with Gasteiger partial charge in [0.25, 0.3) is 17.2 Å². The summed E-state index contributed by atoms with van der Waals surface area (Å²) >= 11 is 0. The lowest BCUT2D eigenvalue weighted by Crippen LogP contribution is -2.42. The first kappa shape index (κ1) is 22.3. The molecular weight excluding hydrogens is 404 g/mol. The van der Waals surface area contributed by atoms with E-state index in [9.17, 15) is 24.5 Å². The Labute approximate surface area is 178 Å². The van der Waals surface area contributed by atoms with Crippen LogP contribution in [0.1, 0.15) is 22.8 Å². The maximum absolute atomic E-state index is 13.1. The van der Waals surface area contributed by atoms with Crippen LogP contribution in [-0.2, 0) is 9.53 Å². The number of amides is 1. The summed E-state index contributed by atoms with van der Waals surface area (Å²) in [5, 5.41) is 13.8. The third-order valence-corrected chi connectivity index (χ3v) is 5.02. The molecule has 1 fully saturated rings. The van der Waals surface area contributed by atoms with Crippen molar-refractivity contribution in [3.8, 4) is 0 Å². The molecule has 0 radical (unpaired) electrons. The molecule has 1 atom stereocenters. The van der Waals surface area contributed by atoms with E-state index < -0.39 is 28.2 Å². The molecule has 0 spiro atoms. The van der Waals surface area contributed by atoms with Crippen molar-refractivity contribution in [2.45, 2.75) is 12.5 Å². The zero-order valence-electron chi connectivity index (χ0n) is 16.9. The number of hydrogen-bond acceptors (Lipinski definition) is 7. The Morgan fingerprint density at radius 3 is 2.65 bits per heavy atom. The van der Waals surface area contributed by atoms with Crippen molar-refractivity contribution in [1.29, 1.82) is 0 Å². The SMILES string of the molecule is O=C(NCCCN1CCOCC1)C(C(=O)c1cccc([N+](=O)[O-])c1)n1ccccc1=O. The zero-order valence-corrected chi connectivity index (χ0v) is 16.9. The summed E-state index contributed by atoms with van der Waals surface area (Å²) in [5.41, 5.74) is -0.802. The first-order chi connectivity index (χ1) is 15.0. The highest BCUT2D eigenvalue weighted by Gasteiger charge is 2.30. The van der Waals surface area contributed by atoms with Crippen molar-refractivity contribution in [3.05, 3.63) is 74.7 Å². The minimum atomic E-state index is -1.46. The molecule has 0 bridgehead atoms. The number of nitrogens with one attached hydrogen (secondary N) is 1. The number of non-ortho nitro benzene ring substituents is 1. The maximum Gasteiger partial charge on any atom is 0.270 e. The largest absolute Gasteiger partial charge is 0.379 e. The van der Waals surface area contributed by atoms with E-state index in [-0.39, 0.29) is 11.3 Å². The Kier molecular flexibility index (Phi) is 7.63. The van der Waals surface area contributed by atoms with E-state index in [0.717, 1.165) is 30.3 Å². The minimum absolute atomic E-state index is 0.0154. The lowest BCUT2D eigenvalue weighted by atomic mass is 10.0. The van der Waals surface area contributed by atoms with Crippen molar-refractivity contribution in [2.24, 2.45) is 0 Å². The van der Waals surface area contributed by atoms with Crippen molar-refractivity contribution in [1.82, 2.24) is 14.8 Å². The van der Waals surface area contributed by atoms with Gasteiger partial charge < -0.3 is 10.1 Å². The molecule has 3 rings (SSSR count). The number of nitro benzene ring substituents is 1. The molecule has 0 saturated carbocycles. The lowest BCUT2D eigenvalue weighted by Gasteiger charge is -2.26. The second-order valence-electron chi connectivity index (χ2n) is 7.12. The van der Waals surface area contributed by atoms with E-state index in [4.69, 9.17) is 4.74 Å². The Balaban J connectivity index is 1.75. The number of aromatic nitrogens is 1. The molecular formula is C21H24N4O6. The third kappa shape index (κ3) is 5.83. The van der Waals surface area contributed by atoms with Crippen LogP contribution < -0.4 is 10.9 Å². The van der Waals surface area contributed by atoms with Gasteiger partial charge in [-0.3, -0.25) is 34.0 Å². The Morgan fingerprint density at radius 2 is 1.94 bits per heavy atom. The number of carbonyl (C=O) groups excluding carboxylic acids is 2. The number of benzene rings is 1. The van der Waals surface area contributed by atoms with E-state index in [1.807, 2.05) is 0 Å². The first-order valence-electron chi connectivity index (χ1n) is 10.0. The van der Waals surface area contributed by atoms with Gasteiger partial charge in [0.2, 0.25) is 0 Å². The number of rotatable bonds is 9. The molecule has 2 heterocycles. The topological polar surface area (TPSA) is 124 Å². The highest BCUT2D eigenvalue weighted by molar-refractivity contribution is 6.12. The summed E-state index contributed by atoms with van der Waals surface area (Å²) in [5.74, 6) is -1.32. The molecule has 2 aromatic rings. The maximum atomic E-state index is 13.1. The molecule has 0 aliphatic carbocycles. The van der Waals surface area contributed by atoms with Crippen LogP contribution in [0.3, 0.4) is 0 Å². The van der Waals surface area contributed by atoms with Gasteiger partial charge in [0.1, 0.15) is 0 Å². The number of nitro groups is 1. The summed E-state index contributed by atoms with van der Waals surface area (Å²) in [6.45, 7) is 4.14. The number of Topliss-reactive ketones (excluding diaryl/α,β-unsaturated/α-hetero) is 1. The summed E-state index contributed by atoms with van der Waals surface area (Å²) in [6, 6.07) is 7.97. The van der Waals surface area contributed by atoms with Gasteiger partial charge in [-0.15, -0.1) is 0 Å². The van der Waals surface area contributed by atoms with Gasteiger partial charge in [-0.25, -0.2) is 0 Å². The molecule has 31 heavy (non-hydrogen) atoms. The average molecular weight is 428 g/mol.